The van der Waals surface area contributed by atoms with Gasteiger partial charge >= 0.3 is 0 Å². The Bertz CT molecular complexity index is 698. The predicted octanol–water partition coefficient (Wildman–Crippen LogP) is 4.89. The Hall–Kier alpha value is -1.58. The van der Waals surface area contributed by atoms with Crippen LogP contribution < -0.4 is 5.32 Å². The highest BCUT2D eigenvalue weighted by Crippen LogP contribution is 2.33. The van der Waals surface area contributed by atoms with Crippen molar-refractivity contribution in [3.63, 3.8) is 0 Å². The first kappa shape index (κ1) is 13.4. The van der Waals surface area contributed by atoms with E-state index in [4.69, 9.17) is 4.42 Å². The van der Waals surface area contributed by atoms with Gasteiger partial charge in [0.15, 0.2) is 0 Å². The molecule has 2 nitrogen and oxygen atoms in total. The standard InChI is InChI=1S/C17H19NOS/c1-3-9-18-17(13-8-10-20-12(13)2)15-11-19-16-7-5-4-6-14(15)16/h4-8,10-11,17-18H,3,9H2,1-2H3. The number of furan rings is 1. The van der Waals surface area contributed by atoms with Crippen LogP contribution in [0.5, 0.6) is 0 Å². The number of para-hydroxylation sites is 1. The molecule has 0 aliphatic rings. The molecule has 1 unspecified atom stereocenters. The summed E-state index contributed by atoms with van der Waals surface area (Å²) in [5.41, 5.74) is 3.55. The quantitative estimate of drug-likeness (QED) is 0.722. The Morgan fingerprint density at radius 2 is 2.05 bits per heavy atom. The Kier molecular flexibility index (Phi) is 3.90. The summed E-state index contributed by atoms with van der Waals surface area (Å²) < 4.78 is 5.71. The number of rotatable bonds is 5. The Morgan fingerprint density at radius 1 is 1.20 bits per heavy atom. The Morgan fingerprint density at radius 3 is 2.80 bits per heavy atom. The summed E-state index contributed by atoms with van der Waals surface area (Å²) in [6.45, 7) is 5.38. The number of hydrogen-bond acceptors (Lipinski definition) is 3. The van der Waals surface area contributed by atoms with E-state index in [1.165, 1.54) is 21.4 Å². The van der Waals surface area contributed by atoms with Gasteiger partial charge in [0.05, 0.1) is 12.3 Å². The fraction of sp³-hybridized carbons (Fsp3) is 0.294. The highest BCUT2D eigenvalue weighted by atomic mass is 32.1. The monoisotopic (exact) mass is 285 g/mol. The van der Waals surface area contributed by atoms with Crippen LogP contribution in [0.25, 0.3) is 11.0 Å². The van der Waals surface area contributed by atoms with Crippen molar-refractivity contribution in [2.45, 2.75) is 26.3 Å². The minimum atomic E-state index is 0.213. The zero-order valence-electron chi connectivity index (χ0n) is 11.8. The van der Waals surface area contributed by atoms with Crippen LogP contribution >= 0.6 is 11.3 Å². The molecule has 0 spiro atoms. The van der Waals surface area contributed by atoms with Gasteiger partial charge in [-0.2, -0.15) is 0 Å². The largest absolute Gasteiger partial charge is 0.464 e. The summed E-state index contributed by atoms with van der Waals surface area (Å²) in [5, 5.41) is 7.01. The van der Waals surface area contributed by atoms with Gasteiger partial charge in [-0.3, -0.25) is 0 Å². The van der Waals surface area contributed by atoms with Crippen LogP contribution in [0.1, 0.15) is 35.4 Å². The van der Waals surface area contributed by atoms with Crippen LogP contribution in [-0.2, 0) is 0 Å². The maximum atomic E-state index is 5.71. The first-order valence-electron chi connectivity index (χ1n) is 7.04. The summed E-state index contributed by atoms with van der Waals surface area (Å²) in [7, 11) is 0. The molecule has 3 aromatic rings. The Balaban J connectivity index is 2.07. The maximum absolute atomic E-state index is 5.71. The van der Waals surface area contributed by atoms with Gasteiger partial charge in [0.25, 0.3) is 0 Å². The smallest absolute Gasteiger partial charge is 0.134 e. The summed E-state index contributed by atoms with van der Waals surface area (Å²) in [6, 6.07) is 10.7. The number of fused-ring (bicyclic) bond motifs is 1. The van der Waals surface area contributed by atoms with Crippen molar-refractivity contribution in [3.05, 3.63) is 58.0 Å². The van der Waals surface area contributed by atoms with Crippen molar-refractivity contribution in [1.82, 2.24) is 5.32 Å². The highest BCUT2D eigenvalue weighted by Gasteiger charge is 2.20. The Labute approximate surface area is 123 Å². The van der Waals surface area contributed by atoms with E-state index in [-0.39, 0.29) is 6.04 Å². The van der Waals surface area contributed by atoms with Gasteiger partial charge in [-0.1, -0.05) is 25.1 Å². The van der Waals surface area contributed by atoms with Crippen molar-refractivity contribution >= 4 is 22.3 Å². The summed E-state index contributed by atoms with van der Waals surface area (Å²) in [5.74, 6) is 0. The van der Waals surface area contributed by atoms with E-state index in [0.717, 1.165) is 18.5 Å². The topological polar surface area (TPSA) is 25.2 Å². The average molecular weight is 285 g/mol. The third-order valence-electron chi connectivity index (χ3n) is 3.63. The first-order valence-corrected chi connectivity index (χ1v) is 7.92. The number of thiophene rings is 1. The average Bonchev–Trinajstić information content (AvgIpc) is 3.07. The molecule has 0 radical (unpaired) electrons. The van der Waals surface area contributed by atoms with Gasteiger partial charge in [0, 0.05) is 15.8 Å². The maximum Gasteiger partial charge on any atom is 0.134 e. The molecule has 3 rings (SSSR count). The van der Waals surface area contributed by atoms with Crippen LogP contribution in [0.2, 0.25) is 0 Å². The number of hydrogen-bond donors (Lipinski definition) is 1. The van der Waals surface area contributed by atoms with E-state index in [9.17, 15) is 0 Å². The second kappa shape index (κ2) is 5.81. The molecule has 1 N–H and O–H groups in total. The second-order valence-corrected chi connectivity index (χ2v) is 6.13. The molecule has 0 aliphatic carbocycles. The van der Waals surface area contributed by atoms with Crippen molar-refractivity contribution in [2.75, 3.05) is 6.54 Å². The fourth-order valence-electron chi connectivity index (χ4n) is 2.59. The van der Waals surface area contributed by atoms with Crippen molar-refractivity contribution in [1.29, 1.82) is 0 Å². The second-order valence-electron chi connectivity index (χ2n) is 5.01. The van der Waals surface area contributed by atoms with Gasteiger partial charge in [-0.25, -0.2) is 0 Å². The van der Waals surface area contributed by atoms with Gasteiger partial charge in [-0.15, -0.1) is 11.3 Å². The fourth-order valence-corrected chi connectivity index (χ4v) is 3.33. The van der Waals surface area contributed by atoms with E-state index in [0.29, 0.717) is 0 Å². The molecule has 0 amide bonds. The van der Waals surface area contributed by atoms with Crippen LogP contribution in [-0.4, -0.2) is 6.54 Å². The van der Waals surface area contributed by atoms with Crippen LogP contribution in [0.15, 0.2) is 46.4 Å². The molecule has 0 bridgehead atoms. The molecule has 0 saturated heterocycles. The van der Waals surface area contributed by atoms with E-state index in [2.05, 4.69) is 42.7 Å². The van der Waals surface area contributed by atoms with Gasteiger partial charge in [-0.05, 0) is 43.0 Å². The molecule has 1 atom stereocenters. The van der Waals surface area contributed by atoms with Crippen molar-refractivity contribution in [3.8, 4) is 0 Å². The molecule has 20 heavy (non-hydrogen) atoms. The summed E-state index contributed by atoms with van der Waals surface area (Å²) >= 11 is 1.80. The van der Waals surface area contributed by atoms with Gasteiger partial charge < -0.3 is 9.73 Å². The number of nitrogens with one attached hydrogen (secondary N) is 1. The molecule has 104 valence electrons. The zero-order valence-corrected chi connectivity index (χ0v) is 12.7. The number of benzene rings is 1. The lowest BCUT2D eigenvalue weighted by molar-refractivity contribution is 0.572. The van der Waals surface area contributed by atoms with Crippen LogP contribution in [0, 0.1) is 6.92 Å². The van der Waals surface area contributed by atoms with Crippen molar-refractivity contribution in [2.24, 2.45) is 0 Å². The predicted molar refractivity (Wildman–Crippen MR) is 85.4 cm³/mol. The molecular weight excluding hydrogens is 266 g/mol. The van der Waals surface area contributed by atoms with E-state index >= 15 is 0 Å². The molecule has 2 aromatic heterocycles. The SMILES string of the molecule is CCCNC(c1ccsc1C)c1coc2ccccc12. The summed E-state index contributed by atoms with van der Waals surface area (Å²) in [6.07, 6.45) is 3.02. The summed E-state index contributed by atoms with van der Waals surface area (Å²) in [4.78, 5) is 1.36. The lowest BCUT2D eigenvalue weighted by Gasteiger charge is -2.18. The lowest BCUT2D eigenvalue weighted by atomic mass is 9.98. The third kappa shape index (κ3) is 2.39. The molecule has 0 aliphatic heterocycles. The van der Waals surface area contributed by atoms with Crippen molar-refractivity contribution < 1.29 is 4.42 Å². The molecule has 1 aromatic carbocycles. The molecule has 0 fully saturated rings. The lowest BCUT2D eigenvalue weighted by Crippen LogP contribution is -2.23. The minimum absolute atomic E-state index is 0.213. The number of aryl methyl sites for hydroxylation is 1. The van der Waals surface area contributed by atoms with E-state index in [1.807, 2.05) is 18.4 Å². The third-order valence-corrected chi connectivity index (χ3v) is 4.49. The first-order chi connectivity index (χ1) is 9.81. The van der Waals surface area contributed by atoms with Crippen LogP contribution in [0.3, 0.4) is 0 Å². The molecule has 3 heteroatoms. The van der Waals surface area contributed by atoms with E-state index in [1.54, 1.807) is 11.3 Å². The molecule has 2 heterocycles. The highest BCUT2D eigenvalue weighted by molar-refractivity contribution is 7.10. The molecule has 0 saturated carbocycles. The molecular formula is C17H19NOS. The normalized spacial score (nSPS) is 12.9. The van der Waals surface area contributed by atoms with Crippen LogP contribution in [0.4, 0.5) is 0 Å². The van der Waals surface area contributed by atoms with Gasteiger partial charge in [0.2, 0.25) is 0 Å². The van der Waals surface area contributed by atoms with E-state index < -0.39 is 0 Å². The zero-order chi connectivity index (χ0) is 13.9. The van der Waals surface area contributed by atoms with Gasteiger partial charge in [0.1, 0.15) is 5.58 Å². The minimum Gasteiger partial charge on any atom is -0.464 e.